The quantitative estimate of drug-likeness (QED) is 0.659. The van der Waals surface area contributed by atoms with E-state index in [1.807, 2.05) is 0 Å². The van der Waals surface area contributed by atoms with Gasteiger partial charge < -0.3 is 0 Å². The van der Waals surface area contributed by atoms with Gasteiger partial charge in [0.15, 0.2) is 0 Å². The number of pyridine rings is 1. The van der Waals surface area contributed by atoms with Gasteiger partial charge >= 0.3 is 6.18 Å². The molecule has 0 aliphatic rings. The molecule has 2 aromatic rings. The molecule has 0 radical (unpaired) electrons. The van der Waals surface area contributed by atoms with Gasteiger partial charge in [0.2, 0.25) is 0 Å². The van der Waals surface area contributed by atoms with E-state index in [2.05, 4.69) is 9.97 Å². The maximum Gasteiger partial charge on any atom is 0.433 e. The molecule has 2 heterocycles. The third-order valence-corrected chi connectivity index (χ3v) is 2.29. The highest BCUT2D eigenvalue weighted by Crippen LogP contribution is 2.29. The van der Waals surface area contributed by atoms with Gasteiger partial charge in [0.1, 0.15) is 5.69 Å². The summed E-state index contributed by atoms with van der Waals surface area (Å²) in [7, 11) is 0. The van der Waals surface area contributed by atoms with Gasteiger partial charge in [-0.2, -0.15) is 13.2 Å². The molecular weight excluding hydrogens is 201 g/mol. The van der Waals surface area contributed by atoms with Crippen molar-refractivity contribution in [1.82, 2.24) is 9.97 Å². The Balaban J connectivity index is 2.61. The van der Waals surface area contributed by atoms with Gasteiger partial charge in [-0.3, -0.25) is 4.98 Å². The van der Waals surface area contributed by atoms with Crippen molar-refractivity contribution >= 4 is 21.6 Å². The fourth-order valence-corrected chi connectivity index (χ4v) is 1.54. The SMILES string of the molecule is FC(F)(F)c1cc2ncsc2cn1. The monoisotopic (exact) mass is 204 g/mol. The van der Waals surface area contributed by atoms with Crippen molar-refractivity contribution in [3.63, 3.8) is 0 Å². The summed E-state index contributed by atoms with van der Waals surface area (Å²) in [4.78, 5) is 7.07. The number of alkyl halides is 3. The number of thiazole rings is 1. The summed E-state index contributed by atoms with van der Waals surface area (Å²) < 4.78 is 37.1. The van der Waals surface area contributed by atoms with Crippen LogP contribution in [0.15, 0.2) is 17.8 Å². The number of fused-ring (bicyclic) bond motifs is 1. The summed E-state index contributed by atoms with van der Waals surface area (Å²) in [5.74, 6) is 0. The minimum atomic E-state index is -4.39. The zero-order valence-corrected chi connectivity index (χ0v) is 6.99. The summed E-state index contributed by atoms with van der Waals surface area (Å²) >= 11 is 1.27. The second kappa shape index (κ2) is 2.66. The lowest BCUT2D eigenvalue weighted by atomic mass is 10.3. The topological polar surface area (TPSA) is 25.8 Å². The molecule has 2 aromatic heterocycles. The summed E-state index contributed by atoms with van der Waals surface area (Å²) in [5, 5.41) is 0. The van der Waals surface area contributed by atoms with Gasteiger partial charge in [-0.05, 0) is 6.07 Å². The molecule has 0 saturated heterocycles. The van der Waals surface area contributed by atoms with Gasteiger partial charge in [0.25, 0.3) is 0 Å². The van der Waals surface area contributed by atoms with Crippen LogP contribution < -0.4 is 0 Å². The predicted octanol–water partition coefficient (Wildman–Crippen LogP) is 2.71. The lowest BCUT2D eigenvalue weighted by Gasteiger charge is -2.03. The van der Waals surface area contributed by atoms with Crippen LogP contribution in [0.2, 0.25) is 0 Å². The van der Waals surface area contributed by atoms with Crippen molar-refractivity contribution in [3.8, 4) is 0 Å². The molecule has 68 valence electrons. The van der Waals surface area contributed by atoms with Crippen molar-refractivity contribution < 1.29 is 13.2 Å². The summed E-state index contributed by atoms with van der Waals surface area (Å²) in [6, 6.07) is 0.950. The first-order valence-electron chi connectivity index (χ1n) is 3.34. The lowest BCUT2D eigenvalue weighted by molar-refractivity contribution is -0.141. The normalized spacial score (nSPS) is 12.2. The van der Waals surface area contributed by atoms with Crippen LogP contribution in [0.3, 0.4) is 0 Å². The Bertz CT molecular complexity index is 434. The molecule has 0 N–H and O–H groups in total. The molecule has 0 saturated carbocycles. The molecule has 6 heteroatoms. The molecule has 0 aliphatic carbocycles. The van der Waals surface area contributed by atoms with Crippen LogP contribution in [0, 0.1) is 0 Å². The van der Waals surface area contributed by atoms with E-state index in [9.17, 15) is 13.2 Å². The molecule has 0 aromatic carbocycles. The Hall–Kier alpha value is -1.17. The van der Waals surface area contributed by atoms with E-state index in [0.717, 1.165) is 6.07 Å². The minimum absolute atomic E-state index is 0.340. The van der Waals surface area contributed by atoms with Crippen LogP contribution in [0.1, 0.15) is 5.69 Å². The number of rotatable bonds is 0. The molecular formula is C7H3F3N2S. The van der Waals surface area contributed by atoms with Crippen LogP contribution >= 0.6 is 11.3 Å². The fraction of sp³-hybridized carbons (Fsp3) is 0.143. The van der Waals surface area contributed by atoms with Crippen LogP contribution in [0.25, 0.3) is 10.2 Å². The molecule has 0 atom stereocenters. The second-order valence-corrected chi connectivity index (χ2v) is 3.27. The third kappa shape index (κ3) is 1.49. The van der Waals surface area contributed by atoms with Crippen LogP contribution in [-0.4, -0.2) is 9.97 Å². The Morgan fingerprint density at radius 1 is 1.23 bits per heavy atom. The number of hydrogen-bond acceptors (Lipinski definition) is 3. The molecule has 2 nitrogen and oxygen atoms in total. The highest BCUT2D eigenvalue weighted by Gasteiger charge is 2.32. The minimum Gasteiger partial charge on any atom is -0.250 e. The first kappa shape index (κ1) is 8.43. The Morgan fingerprint density at radius 2 is 2.00 bits per heavy atom. The molecule has 13 heavy (non-hydrogen) atoms. The van der Waals surface area contributed by atoms with Crippen LogP contribution in [0.4, 0.5) is 13.2 Å². The molecule has 0 bridgehead atoms. The average molecular weight is 204 g/mol. The fourth-order valence-electron chi connectivity index (χ4n) is 0.919. The van der Waals surface area contributed by atoms with Gasteiger partial charge in [0.05, 0.1) is 15.7 Å². The molecule has 0 spiro atoms. The van der Waals surface area contributed by atoms with E-state index >= 15 is 0 Å². The first-order chi connectivity index (χ1) is 6.07. The average Bonchev–Trinajstić information content (AvgIpc) is 2.47. The predicted molar refractivity (Wildman–Crippen MR) is 42.4 cm³/mol. The molecule has 0 unspecified atom stereocenters. The smallest absolute Gasteiger partial charge is 0.250 e. The van der Waals surface area contributed by atoms with Gasteiger partial charge in [-0.1, -0.05) is 0 Å². The number of halogens is 3. The Kier molecular flexibility index (Phi) is 1.73. The third-order valence-electron chi connectivity index (χ3n) is 1.51. The summed E-state index contributed by atoms with van der Waals surface area (Å²) in [6.45, 7) is 0. The summed E-state index contributed by atoms with van der Waals surface area (Å²) in [5.41, 5.74) is 0.935. The first-order valence-corrected chi connectivity index (χ1v) is 4.22. The molecule has 2 rings (SSSR count). The maximum absolute atomic E-state index is 12.1. The van der Waals surface area contributed by atoms with E-state index in [1.165, 1.54) is 23.0 Å². The largest absolute Gasteiger partial charge is 0.433 e. The van der Waals surface area contributed by atoms with Crippen molar-refractivity contribution in [2.45, 2.75) is 6.18 Å². The van der Waals surface area contributed by atoms with Crippen LogP contribution in [0.5, 0.6) is 0 Å². The standard InChI is InChI=1S/C7H3F3N2S/c8-7(9,10)6-1-4-5(2-11-6)13-3-12-4/h1-3H. The number of hydrogen-bond donors (Lipinski definition) is 0. The molecule has 0 amide bonds. The van der Waals surface area contributed by atoms with Gasteiger partial charge in [-0.15, -0.1) is 11.3 Å². The van der Waals surface area contributed by atoms with Crippen molar-refractivity contribution in [1.29, 1.82) is 0 Å². The van der Waals surface area contributed by atoms with E-state index in [4.69, 9.17) is 0 Å². The van der Waals surface area contributed by atoms with Crippen molar-refractivity contribution in [3.05, 3.63) is 23.5 Å². The number of aromatic nitrogens is 2. The molecule has 0 fully saturated rings. The van der Waals surface area contributed by atoms with E-state index in [-0.39, 0.29) is 0 Å². The highest BCUT2D eigenvalue weighted by atomic mass is 32.1. The number of nitrogens with zero attached hydrogens (tertiary/aromatic N) is 2. The Morgan fingerprint density at radius 3 is 2.69 bits per heavy atom. The van der Waals surface area contributed by atoms with E-state index < -0.39 is 11.9 Å². The van der Waals surface area contributed by atoms with Crippen LogP contribution in [-0.2, 0) is 6.18 Å². The second-order valence-electron chi connectivity index (χ2n) is 2.39. The highest BCUT2D eigenvalue weighted by molar-refractivity contribution is 7.16. The van der Waals surface area contributed by atoms with Gasteiger partial charge in [0, 0.05) is 6.20 Å². The Labute approximate surface area is 75.1 Å². The molecule has 0 aliphatic heterocycles. The zero-order chi connectivity index (χ0) is 9.47. The zero-order valence-electron chi connectivity index (χ0n) is 6.17. The van der Waals surface area contributed by atoms with Gasteiger partial charge in [-0.25, -0.2) is 4.98 Å². The summed E-state index contributed by atoms with van der Waals surface area (Å²) in [6.07, 6.45) is -3.20. The maximum atomic E-state index is 12.1. The van der Waals surface area contributed by atoms with Crippen molar-refractivity contribution in [2.75, 3.05) is 0 Å². The van der Waals surface area contributed by atoms with E-state index in [0.29, 0.717) is 10.2 Å². The lowest BCUT2D eigenvalue weighted by Crippen LogP contribution is -2.06. The van der Waals surface area contributed by atoms with E-state index in [1.54, 1.807) is 0 Å². The van der Waals surface area contributed by atoms with Crippen molar-refractivity contribution in [2.24, 2.45) is 0 Å².